The SMILES string of the molecule is CC(C)[C@@H](CN1CC[C@](C)(c2cccc(O)c2)[C@H](C)C1)NC(=O)C1Cc2ccc(O)cc2CN1. The van der Waals surface area contributed by atoms with Crippen molar-refractivity contribution in [3.63, 3.8) is 0 Å². The van der Waals surface area contributed by atoms with E-state index in [0.29, 0.717) is 30.6 Å². The standard InChI is InChI=1S/C28H39N3O3/c1-18(2)26(30-27(34)25-13-20-8-9-24(33)12-21(20)15-29-25)17-31-11-10-28(4,19(3)16-31)22-6-5-7-23(32)14-22/h5-9,12,14,18-19,25-26,29,32-33H,10-11,13,15-17H2,1-4H3,(H,30,34)/t19-,25?,26-,28+/m1/s1. The second-order valence-electron chi connectivity index (χ2n) is 10.8. The van der Waals surface area contributed by atoms with Crippen molar-refractivity contribution in [2.75, 3.05) is 19.6 Å². The molecule has 1 unspecified atom stereocenters. The van der Waals surface area contributed by atoms with Gasteiger partial charge in [0.05, 0.1) is 6.04 Å². The van der Waals surface area contributed by atoms with Crippen LogP contribution in [0.2, 0.25) is 0 Å². The Bertz CT molecular complexity index is 1020. The molecule has 4 rings (SSSR count). The van der Waals surface area contributed by atoms with E-state index in [2.05, 4.69) is 49.3 Å². The van der Waals surface area contributed by atoms with Crippen LogP contribution in [0.4, 0.5) is 0 Å². The molecule has 0 saturated carbocycles. The predicted molar refractivity (Wildman–Crippen MR) is 135 cm³/mol. The molecule has 0 aromatic heterocycles. The highest BCUT2D eigenvalue weighted by Gasteiger charge is 2.39. The van der Waals surface area contributed by atoms with Gasteiger partial charge in [-0.2, -0.15) is 0 Å². The summed E-state index contributed by atoms with van der Waals surface area (Å²) in [5, 5.41) is 26.3. The molecule has 1 saturated heterocycles. The maximum Gasteiger partial charge on any atom is 0.237 e. The van der Waals surface area contributed by atoms with Crippen molar-refractivity contribution in [1.29, 1.82) is 0 Å². The molecule has 6 heteroatoms. The van der Waals surface area contributed by atoms with Crippen molar-refractivity contribution in [3.05, 3.63) is 59.2 Å². The number of phenols is 2. The Morgan fingerprint density at radius 3 is 2.65 bits per heavy atom. The van der Waals surface area contributed by atoms with E-state index in [9.17, 15) is 15.0 Å². The fourth-order valence-electron chi connectivity index (χ4n) is 5.44. The minimum Gasteiger partial charge on any atom is -0.508 e. The summed E-state index contributed by atoms with van der Waals surface area (Å²) in [6.07, 6.45) is 1.65. The summed E-state index contributed by atoms with van der Waals surface area (Å²) in [7, 11) is 0. The van der Waals surface area contributed by atoms with E-state index in [4.69, 9.17) is 0 Å². The minimum atomic E-state index is -0.257. The molecule has 4 N–H and O–H groups in total. The van der Waals surface area contributed by atoms with Gasteiger partial charge in [-0.3, -0.25) is 4.79 Å². The molecule has 6 nitrogen and oxygen atoms in total. The van der Waals surface area contributed by atoms with Crippen molar-refractivity contribution in [2.45, 2.75) is 64.6 Å². The number of nitrogens with zero attached hydrogens (tertiary/aromatic N) is 1. The van der Waals surface area contributed by atoms with Crippen LogP contribution < -0.4 is 10.6 Å². The van der Waals surface area contributed by atoms with Crippen LogP contribution in [0.3, 0.4) is 0 Å². The number of fused-ring (bicyclic) bond motifs is 1. The number of phenolic OH excluding ortho intramolecular Hbond substituents is 2. The third-order valence-corrected chi connectivity index (χ3v) is 8.13. The highest BCUT2D eigenvalue weighted by molar-refractivity contribution is 5.82. The molecule has 2 heterocycles. The third-order valence-electron chi connectivity index (χ3n) is 8.13. The molecule has 0 radical (unpaired) electrons. The molecule has 2 aliphatic rings. The lowest BCUT2D eigenvalue weighted by molar-refractivity contribution is -0.124. The second-order valence-corrected chi connectivity index (χ2v) is 10.8. The highest BCUT2D eigenvalue weighted by Crippen LogP contribution is 2.40. The number of aromatic hydroxyl groups is 2. The zero-order chi connectivity index (χ0) is 24.5. The number of rotatable bonds is 6. The largest absolute Gasteiger partial charge is 0.508 e. The van der Waals surface area contributed by atoms with Crippen molar-refractivity contribution in [3.8, 4) is 11.5 Å². The molecule has 2 aromatic carbocycles. The minimum absolute atomic E-state index is 0.0274. The number of carbonyl (C=O) groups is 1. The summed E-state index contributed by atoms with van der Waals surface area (Å²) in [4.78, 5) is 15.6. The predicted octanol–water partition coefficient (Wildman–Crippen LogP) is 3.55. The molecular formula is C28H39N3O3. The number of amides is 1. The van der Waals surface area contributed by atoms with Crippen molar-refractivity contribution < 1.29 is 15.0 Å². The van der Waals surface area contributed by atoms with E-state index in [1.807, 2.05) is 18.2 Å². The molecule has 4 atom stereocenters. The first-order valence-corrected chi connectivity index (χ1v) is 12.5. The van der Waals surface area contributed by atoms with Gasteiger partial charge in [0.2, 0.25) is 5.91 Å². The van der Waals surface area contributed by atoms with Gasteiger partial charge in [-0.15, -0.1) is 0 Å². The zero-order valence-corrected chi connectivity index (χ0v) is 20.8. The fraction of sp³-hybridized carbons (Fsp3) is 0.536. The number of benzene rings is 2. The van der Waals surface area contributed by atoms with Gasteiger partial charge in [-0.05, 0) is 77.6 Å². The van der Waals surface area contributed by atoms with Crippen LogP contribution in [0.25, 0.3) is 0 Å². The number of likely N-dealkylation sites (tertiary alicyclic amines) is 1. The van der Waals surface area contributed by atoms with Crippen molar-refractivity contribution >= 4 is 5.91 Å². The van der Waals surface area contributed by atoms with Crippen molar-refractivity contribution in [1.82, 2.24) is 15.5 Å². The van der Waals surface area contributed by atoms with E-state index >= 15 is 0 Å². The monoisotopic (exact) mass is 465 g/mol. The van der Waals surface area contributed by atoms with E-state index in [1.165, 1.54) is 5.56 Å². The Balaban J connectivity index is 1.36. The van der Waals surface area contributed by atoms with E-state index < -0.39 is 0 Å². The molecule has 184 valence electrons. The van der Waals surface area contributed by atoms with Gasteiger partial charge in [0.1, 0.15) is 11.5 Å². The van der Waals surface area contributed by atoms with Crippen molar-refractivity contribution in [2.24, 2.45) is 11.8 Å². The molecule has 0 bridgehead atoms. The number of hydrogen-bond acceptors (Lipinski definition) is 5. The fourth-order valence-corrected chi connectivity index (χ4v) is 5.44. The van der Waals surface area contributed by atoms with Crippen LogP contribution in [-0.2, 0) is 23.2 Å². The Morgan fingerprint density at radius 2 is 1.94 bits per heavy atom. The zero-order valence-electron chi connectivity index (χ0n) is 20.8. The van der Waals surface area contributed by atoms with Gasteiger partial charge < -0.3 is 25.7 Å². The Hall–Kier alpha value is -2.57. The molecule has 0 aliphatic carbocycles. The number of nitrogens with one attached hydrogen (secondary N) is 2. The normalized spacial score (nSPS) is 26.1. The molecule has 2 aliphatic heterocycles. The lowest BCUT2D eigenvalue weighted by Gasteiger charge is -2.46. The van der Waals surface area contributed by atoms with Gasteiger partial charge in [-0.25, -0.2) is 0 Å². The third kappa shape index (κ3) is 5.23. The first-order chi connectivity index (χ1) is 16.2. The number of hydrogen-bond donors (Lipinski definition) is 4. The summed E-state index contributed by atoms with van der Waals surface area (Å²) in [6.45, 7) is 12.3. The average molecular weight is 466 g/mol. The van der Waals surface area contributed by atoms with E-state index in [-0.39, 0.29) is 29.2 Å². The Morgan fingerprint density at radius 1 is 1.18 bits per heavy atom. The summed E-state index contributed by atoms with van der Waals surface area (Å²) in [6, 6.07) is 12.9. The number of carbonyl (C=O) groups excluding carboxylic acids is 1. The first kappa shape index (κ1) is 24.6. The van der Waals surface area contributed by atoms with Gasteiger partial charge >= 0.3 is 0 Å². The summed E-state index contributed by atoms with van der Waals surface area (Å²) in [5.41, 5.74) is 3.40. The Kier molecular flexibility index (Phi) is 7.20. The molecule has 2 aromatic rings. The highest BCUT2D eigenvalue weighted by atomic mass is 16.3. The molecule has 34 heavy (non-hydrogen) atoms. The molecule has 1 amide bonds. The van der Waals surface area contributed by atoms with Gasteiger partial charge in [0.15, 0.2) is 0 Å². The summed E-state index contributed by atoms with van der Waals surface area (Å²) < 4.78 is 0. The maximum absolute atomic E-state index is 13.2. The lowest BCUT2D eigenvalue weighted by atomic mass is 9.68. The first-order valence-electron chi connectivity index (χ1n) is 12.5. The summed E-state index contributed by atoms with van der Waals surface area (Å²) in [5.74, 6) is 1.39. The second kappa shape index (κ2) is 9.96. The molecule has 0 spiro atoms. The summed E-state index contributed by atoms with van der Waals surface area (Å²) >= 11 is 0. The Labute approximate surface area is 203 Å². The maximum atomic E-state index is 13.2. The average Bonchev–Trinajstić information content (AvgIpc) is 2.80. The number of piperidine rings is 1. The molecule has 1 fully saturated rings. The van der Waals surface area contributed by atoms with Crippen LogP contribution in [0.1, 0.15) is 50.8 Å². The van der Waals surface area contributed by atoms with E-state index in [1.54, 1.807) is 18.2 Å². The topological polar surface area (TPSA) is 84.8 Å². The smallest absolute Gasteiger partial charge is 0.237 e. The van der Waals surface area contributed by atoms with Crippen LogP contribution in [0.15, 0.2) is 42.5 Å². The van der Waals surface area contributed by atoms with Crippen LogP contribution >= 0.6 is 0 Å². The van der Waals surface area contributed by atoms with E-state index in [0.717, 1.165) is 37.2 Å². The lowest BCUT2D eigenvalue weighted by Crippen LogP contribution is -2.56. The quantitative estimate of drug-likeness (QED) is 0.524. The van der Waals surface area contributed by atoms with Crippen LogP contribution in [0, 0.1) is 11.8 Å². The van der Waals surface area contributed by atoms with Gasteiger partial charge in [0.25, 0.3) is 0 Å². The van der Waals surface area contributed by atoms with Gasteiger partial charge in [-0.1, -0.05) is 45.9 Å². The molecular weight excluding hydrogens is 426 g/mol. The van der Waals surface area contributed by atoms with Crippen LogP contribution in [-0.4, -0.2) is 52.7 Å². The van der Waals surface area contributed by atoms with Gasteiger partial charge in [0, 0.05) is 25.7 Å². The van der Waals surface area contributed by atoms with Crippen LogP contribution in [0.5, 0.6) is 11.5 Å².